The minimum atomic E-state index is 0.585. The summed E-state index contributed by atoms with van der Waals surface area (Å²) in [6.07, 6.45) is 5.65. The van der Waals surface area contributed by atoms with Crippen LogP contribution in [0.4, 0.5) is 5.69 Å². The summed E-state index contributed by atoms with van der Waals surface area (Å²) in [5.74, 6) is 0. The molecule has 4 N–H and O–H groups in total. The molecule has 4 rings (SSSR count). The van der Waals surface area contributed by atoms with Crippen molar-refractivity contribution in [3.05, 3.63) is 65.4 Å². The van der Waals surface area contributed by atoms with Gasteiger partial charge in [0.2, 0.25) is 0 Å². The van der Waals surface area contributed by atoms with Crippen LogP contribution in [0.5, 0.6) is 0 Å². The van der Waals surface area contributed by atoms with Crippen molar-refractivity contribution in [2.45, 2.75) is 38.1 Å². The topological polar surface area (TPSA) is 53.8 Å². The number of para-hydroxylation sites is 1. The van der Waals surface area contributed by atoms with Crippen molar-refractivity contribution in [3.63, 3.8) is 0 Å². The van der Waals surface area contributed by atoms with E-state index in [0.717, 1.165) is 37.9 Å². The maximum Gasteiger partial charge on any atom is 0.0456 e. The van der Waals surface area contributed by atoms with Crippen LogP contribution in [0, 0.1) is 0 Å². The molecular weight excluding hydrogens is 294 g/mol. The summed E-state index contributed by atoms with van der Waals surface area (Å²) in [6, 6.07) is 17.7. The Labute approximate surface area is 143 Å². The smallest absolute Gasteiger partial charge is 0.0456 e. The third kappa shape index (κ3) is 3.17. The number of rotatable bonds is 5. The van der Waals surface area contributed by atoms with Gasteiger partial charge in [-0.3, -0.25) is 0 Å². The lowest BCUT2D eigenvalue weighted by Crippen LogP contribution is -2.35. The molecule has 0 saturated carbocycles. The number of aryl methyl sites for hydroxylation is 1. The van der Waals surface area contributed by atoms with Crippen LogP contribution >= 0.6 is 0 Å². The van der Waals surface area contributed by atoms with Gasteiger partial charge in [-0.15, -0.1) is 0 Å². The molecule has 1 aromatic heterocycles. The lowest BCUT2D eigenvalue weighted by Gasteiger charge is -2.26. The van der Waals surface area contributed by atoms with Gasteiger partial charge in [0.1, 0.15) is 0 Å². The Bertz CT molecular complexity index is 801. The van der Waals surface area contributed by atoms with Crippen LogP contribution in [0.25, 0.3) is 10.9 Å². The van der Waals surface area contributed by atoms with Crippen LogP contribution < -0.4 is 11.1 Å². The first-order valence-corrected chi connectivity index (χ1v) is 8.96. The predicted octanol–water partition coefficient (Wildman–Crippen LogP) is 3.83. The van der Waals surface area contributed by atoms with E-state index >= 15 is 0 Å². The monoisotopic (exact) mass is 319 g/mol. The molecule has 1 aliphatic rings. The van der Waals surface area contributed by atoms with Gasteiger partial charge in [0.25, 0.3) is 0 Å². The van der Waals surface area contributed by atoms with Gasteiger partial charge in [-0.1, -0.05) is 30.3 Å². The number of hydrogen-bond donors (Lipinski definition) is 3. The Morgan fingerprint density at radius 2 is 2.04 bits per heavy atom. The maximum absolute atomic E-state index is 6.08. The second kappa shape index (κ2) is 6.70. The van der Waals surface area contributed by atoms with E-state index in [1.165, 1.54) is 34.1 Å². The van der Waals surface area contributed by atoms with E-state index in [4.69, 9.17) is 5.73 Å². The van der Waals surface area contributed by atoms with E-state index in [-0.39, 0.29) is 0 Å². The molecule has 3 heteroatoms. The van der Waals surface area contributed by atoms with Crippen molar-refractivity contribution in [2.75, 3.05) is 12.3 Å². The number of benzene rings is 2. The highest BCUT2D eigenvalue weighted by molar-refractivity contribution is 5.80. The van der Waals surface area contributed by atoms with Gasteiger partial charge < -0.3 is 16.0 Å². The number of aromatic nitrogens is 1. The van der Waals surface area contributed by atoms with E-state index in [9.17, 15) is 0 Å². The number of aromatic amines is 1. The fourth-order valence-electron chi connectivity index (χ4n) is 3.86. The predicted molar refractivity (Wildman–Crippen MR) is 101 cm³/mol. The first-order valence-electron chi connectivity index (χ1n) is 8.96. The Hall–Kier alpha value is -2.26. The summed E-state index contributed by atoms with van der Waals surface area (Å²) < 4.78 is 0. The molecule has 0 saturated heterocycles. The van der Waals surface area contributed by atoms with Crippen LogP contribution in [0.1, 0.15) is 29.7 Å². The Balaban J connectivity index is 1.27. The Morgan fingerprint density at radius 1 is 1.12 bits per heavy atom. The Morgan fingerprint density at radius 3 is 2.96 bits per heavy atom. The molecule has 24 heavy (non-hydrogen) atoms. The molecule has 2 aromatic carbocycles. The molecule has 1 atom stereocenters. The van der Waals surface area contributed by atoms with Gasteiger partial charge in [-0.25, -0.2) is 0 Å². The second-order valence-corrected chi connectivity index (χ2v) is 6.86. The number of hydrogen-bond acceptors (Lipinski definition) is 2. The first kappa shape index (κ1) is 15.3. The van der Waals surface area contributed by atoms with Crippen LogP contribution in [-0.2, 0) is 19.3 Å². The minimum Gasteiger partial charge on any atom is -0.398 e. The van der Waals surface area contributed by atoms with E-state index in [2.05, 4.69) is 52.8 Å². The third-order valence-corrected chi connectivity index (χ3v) is 5.16. The average Bonchev–Trinajstić information content (AvgIpc) is 3.02. The highest BCUT2D eigenvalue weighted by Crippen LogP contribution is 2.26. The third-order valence-electron chi connectivity index (χ3n) is 5.16. The zero-order valence-electron chi connectivity index (χ0n) is 14.0. The van der Waals surface area contributed by atoms with Crippen molar-refractivity contribution >= 4 is 16.6 Å². The quantitative estimate of drug-likeness (QED) is 0.494. The van der Waals surface area contributed by atoms with Crippen LogP contribution in [0.2, 0.25) is 0 Å². The van der Waals surface area contributed by atoms with E-state index in [0.29, 0.717) is 6.04 Å². The average molecular weight is 319 g/mol. The molecule has 1 heterocycles. The zero-order chi connectivity index (χ0) is 16.4. The van der Waals surface area contributed by atoms with Gasteiger partial charge in [-0.05, 0) is 73.4 Å². The highest BCUT2D eigenvalue weighted by Gasteiger charge is 2.19. The van der Waals surface area contributed by atoms with Gasteiger partial charge in [0.15, 0.2) is 0 Å². The summed E-state index contributed by atoms with van der Waals surface area (Å²) in [6.45, 7) is 1.07. The molecule has 0 amide bonds. The van der Waals surface area contributed by atoms with Gasteiger partial charge in [0.05, 0.1) is 0 Å². The molecule has 3 aromatic rings. The highest BCUT2D eigenvalue weighted by atomic mass is 14.9. The summed E-state index contributed by atoms with van der Waals surface area (Å²) in [4.78, 5) is 3.51. The van der Waals surface area contributed by atoms with Crippen molar-refractivity contribution < 1.29 is 0 Å². The first-order chi connectivity index (χ1) is 11.8. The largest absolute Gasteiger partial charge is 0.398 e. The molecule has 1 aliphatic carbocycles. The second-order valence-electron chi connectivity index (χ2n) is 6.86. The van der Waals surface area contributed by atoms with Crippen molar-refractivity contribution in [1.29, 1.82) is 0 Å². The lowest BCUT2D eigenvalue weighted by atomic mass is 9.87. The van der Waals surface area contributed by atoms with Gasteiger partial charge >= 0.3 is 0 Å². The van der Waals surface area contributed by atoms with Crippen LogP contribution in [0.3, 0.4) is 0 Å². The molecule has 124 valence electrons. The normalized spacial score (nSPS) is 17.1. The van der Waals surface area contributed by atoms with E-state index in [1.807, 2.05) is 6.07 Å². The molecule has 1 unspecified atom stereocenters. The van der Waals surface area contributed by atoms with Crippen molar-refractivity contribution in [2.24, 2.45) is 0 Å². The number of anilines is 1. The minimum absolute atomic E-state index is 0.585. The summed E-state index contributed by atoms with van der Waals surface area (Å²) in [5.41, 5.74) is 12.4. The maximum atomic E-state index is 6.08. The molecule has 0 radical (unpaired) electrons. The number of nitrogen functional groups attached to an aromatic ring is 1. The molecular formula is C21H25N3. The van der Waals surface area contributed by atoms with Gasteiger partial charge in [0, 0.05) is 22.9 Å². The molecule has 0 fully saturated rings. The fourth-order valence-corrected chi connectivity index (χ4v) is 3.86. The van der Waals surface area contributed by atoms with Gasteiger partial charge in [-0.2, -0.15) is 0 Å². The number of fused-ring (bicyclic) bond motifs is 2. The summed E-state index contributed by atoms with van der Waals surface area (Å²) >= 11 is 0. The molecule has 3 nitrogen and oxygen atoms in total. The molecule has 0 spiro atoms. The lowest BCUT2D eigenvalue weighted by molar-refractivity contribution is 0.454. The standard InChI is InChI=1S/C21H25N3/c22-20-8-3-6-15-13-17(10-11-19(15)20)23-12-4-7-18-14-16-5-1-2-9-21(16)24-18/h1-3,5-6,8-9,14,17,23-24H,4,7,10-13,22H2. The van der Waals surface area contributed by atoms with Crippen molar-refractivity contribution in [3.8, 4) is 0 Å². The van der Waals surface area contributed by atoms with Crippen LogP contribution in [0.15, 0.2) is 48.5 Å². The van der Waals surface area contributed by atoms with E-state index in [1.54, 1.807) is 0 Å². The number of nitrogens with one attached hydrogen (secondary N) is 2. The summed E-state index contributed by atoms with van der Waals surface area (Å²) in [7, 11) is 0. The zero-order valence-corrected chi connectivity index (χ0v) is 14.0. The number of H-pyrrole nitrogens is 1. The van der Waals surface area contributed by atoms with Crippen LogP contribution in [-0.4, -0.2) is 17.6 Å². The summed E-state index contributed by atoms with van der Waals surface area (Å²) in [5, 5.41) is 5.04. The van der Waals surface area contributed by atoms with E-state index < -0.39 is 0 Å². The Kier molecular flexibility index (Phi) is 4.26. The van der Waals surface area contributed by atoms with Crippen molar-refractivity contribution in [1.82, 2.24) is 10.3 Å². The SMILES string of the molecule is Nc1cccc2c1CCC(NCCCc1cc3ccccc3[nH]1)C2. The number of nitrogens with two attached hydrogens (primary N) is 1. The molecule has 0 aliphatic heterocycles. The fraction of sp³-hybridized carbons (Fsp3) is 0.333. The molecule has 0 bridgehead atoms.